The number of nitrogens with zero attached hydrogens (tertiary/aromatic N) is 1. The average Bonchev–Trinajstić information content (AvgIpc) is 3.00. The second-order valence-electron chi connectivity index (χ2n) is 9.25. The number of aryl methyl sites for hydroxylation is 1. The molecule has 0 saturated carbocycles. The van der Waals surface area contributed by atoms with Gasteiger partial charge in [0.15, 0.2) is 23.0 Å². The Morgan fingerprint density at radius 3 is 2.33 bits per heavy atom. The maximum absolute atomic E-state index is 12.8. The first-order valence-electron chi connectivity index (χ1n) is 13.3. The number of hydrogen-bond acceptors (Lipinski definition) is 6. The van der Waals surface area contributed by atoms with E-state index in [1.807, 2.05) is 86.6 Å². The van der Waals surface area contributed by atoms with Gasteiger partial charge in [-0.05, 0) is 72.5 Å². The molecule has 0 aliphatic carbocycles. The smallest absolute Gasteiger partial charge is 0.266 e. The van der Waals surface area contributed by atoms with Gasteiger partial charge in [-0.15, -0.1) is 0 Å². The van der Waals surface area contributed by atoms with Gasteiger partial charge in [0.1, 0.15) is 24.9 Å². The van der Waals surface area contributed by atoms with Crippen LogP contribution >= 0.6 is 11.6 Å². The molecular weight excluding hydrogens is 552 g/mol. The molecule has 0 unspecified atom stereocenters. The average molecular weight is 583 g/mol. The largest absolute Gasteiger partial charge is 0.493 e. The molecule has 4 rings (SSSR count). The minimum atomic E-state index is -0.522. The summed E-state index contributed by atoms with van der Waals surface area (Å²) in [6.45, 7) is 4.69. The zero-order valence-electron chi connectivity index (χ0n) is 23.6. The zero-order chi connectivity index (χ0) is 29.9. The van der Waals surface area contributed by atoms with E-state index in [0.29, 0.717) is 47.5 Å². The van der Waals surface area contributed by atoms with E-state index in [0.717, 1.165) is 16.7 Å². The van der Waals surface area contributed by atoms with Crippen molar-refractivity contribution in [1.82, 2.24) is 0 Å². The van der Waals surface area contributed by atoms with Crippen molar-refractivity contribution in [3.8, 4) is 29.1 Å². The molecule has 0 aliphatic heterocycles. The molecule has 1 N–H and O–H groups in total. The van der Waals surface area contributed by atoms with Crippen molar-refractivity contribution in [1.29, 1.82) is 5.26 Å². The van der Waals surface area contributed by atoms with Gasteiger partial charge in [0.25, 0.3) is 5.91 Å². The van der Waals surface area contributed by atoms with Gasteiger partial charge in [0.05, 0.1) is 18.7 Å². The predicted octanol–water partition coefficient (Wildman–Crippen LogP) is 7.76. The molecule has 0 bridgehead atoms. The molecule has 7 nitrogen and oxygen atoms in total. The lowest BCUT2D eigenvalue weighted by Gasteiger charge is -2.16. The van der Waals surface area contributed by atoms with Gasteiger partial charge in [0, 0.05) is 5.69 Å². The molecule has 1 amide bonds. The minimum absolute atomic E-state index is 0.0768. The van der Waals surface area contributed by atoms with E-state index in [9.17, 15) is 10.1 Å². The van der Waals surface area contributed by atoms with Crippen LogP contribution in [0, 0.1) is 18.3 Å². The molecule has 0 spiro atoms. The third-order valence-electron chi connectivity index (χ3n) is 6.25. The number of benzene rings is 4. The van der Waals surface area contributed by atoms with Gasteiger partial charge in [-0.1, -0.05) is 66.2 Å². The summed E-state index contributed by atoms with van der Waals surface area (Å²) in [5.41, 5.74) is 3.85. The number of hydrogen-bond donors (Lipinski definition) is 1. The van der Waals surface area contributed by atoms with Crippen molar-refractivity contribution in [2.75, 3.05) is 19.0 Å². The van der Waals surface area contributed by atoms with Gasteiger partial charge in [-0.2, -0.15) is 5.26 Å². The van der Waals surface area contributed by atoms with Crippen LogP contribution in [0.3, 0.4) is 0 Å². The highest BCUT2D eigenvalue weighted by atomic mass is 35.5. The Bertz CT molecular complexity index is 1610. The number of methoxy groups -OCH3 is 1. The summed E-state index contributed by atoms with van der Waals surface area (Å²) >= 11 is 6.61. The molecule has 0 atom stereocenters. The molecular formula is C34H31ClN2O5. The third-order valence-corrected chi connectivity index (χ3v) is 6.53. The third kappa shape index (κ3) is 7.84. The Kier molecular flexibility index (Phi) is 10.5. The van der Waals surface area contributed by atoms with Crippen LogP contribution in [-0.2, 0) is 18.0 Å². The van der Waals surface area contributed by atoms with E-state index < -0.39 is 5.91 Å². The fraction of sp³-hybridized carbons (Fsp3) is 0.176. The second-order valence-corrected chi connectivity index (χ2v) is 9.66. The molecule has 4 aromatic rings. The summed E-state index contributed by atoms with van der Waals surface area (Å²) < 4.78 is 23.4. The minimum Gasteiger partial charge on any atom is -0.493 e. The van der Waals surface area contributed by atoms with Crippen LogP contribution in [0.25, 0.3) is 6.08 Å². The Morgan fingerprint density at radius 1 is 0.881 bits per heavy atom. The van der Waals surface area contributed by atoms with E-state index in [4.69, 9.17) is 30.5 Å². The first-order chi connectivity index (χ1) is 20.4. The molecule has 42 heavy (non-hydrogen) atoms. The summed E-state index contributed by atoms with van der Waals surface area (Å²) in [5.74, 6) is 1.42. The highest BCUT2D eigenvalue weighted by Gasteiger charge is 2.16. The predicted molar refractivity (Wildman–Crippen MR) is 164 cm³/mol. The van der Waals surface area contributed by atoms with Crippen LogP contribution in [0.4, 0.5) is 5.69 Å². The van der Waals surface area contributed by atoms with E-state index in [1.165, 1.54) is 6.08 Å². The normalized spacial score (nSPS) is 10.9. The Balaban J connectivity index is 1.50. The topological polar surface area (TPSA) is 89.8 Å². The van der Waals surface area contributed by atoms with Crippen molar-refractivity contribution in [3.63, 3.8) is 0 Å². The molecule has 0 fully saturated rings. The van der Waals surface area contributed by atoms with E-state index in [1.54, 1.807) is 25.3 Å². The van der Waals surface area contributed by atoms with E-state index in [-0.39, 0.29) is 17.2 Å². The number of carbonyl (C=O) groups is 1. The van der Waals surface area contributed by atoms with Crippen LogP contribution in [0.15, 0.2) is 90.5 Å². The fourth-order valence-corrected chi connectivity index (χ4v) is 4.38. The standard InChI is InChI=1S/C34H31ClN2O5/c1-4-40-32-19-26(16-27(20-36)34(38)37-29-13-9-8-10-23(29)2)17-28(35)33(32)42-22-25-14-15-30(31(18-25)39-3)41-21-24-11-6-5-7-12-24/h5-19H,4,21-22H2,1-3H3,(H,37,38)/b27-16-. The summed E-state index contributed by atoms with van der Waals surface area (Å²) in [5, 5.41) is 12.7. The molecule has 214 valence electrons. The number of nitrogens with one attached hydrogen (secondary N) is 1. The van der Waals surface area contributed by atoms with Crippen LogP contribution in [0.1, 0.15) is 29.2 Å². The maximum atomic E-state index is 12.8. The number of rotatable bonds is 12. The number of anilines is 1. The molecule has 0 aromatic heterocycles. The molecule has 0 aliphatic rings. The Labute approximate surface area is 250 Å². The van der Waals surface area contributed by atoms with E-state index >= 15 is 0 Å². The molecule has 0 heterocycles. The van der Waals surface area contributed by atoms with Crippen molar-refractivity contribution in [3.05, 3.63) is 118 Å². The van der Waals surface area contributed by atoms with Crippen molar-refractivity contribution < 1.29 is 23.7 Å². The number of amides is 1. The number of nitriles is 1. The molecule has 0 radical (unpaired) electrons. The quantitative estimate of drug-likeness (QED) is 0.136. The van der Waals surface area contributed by atoms with Gasteiger partial charge >= 0.3 is 0 Å². The fourth-order valence-electron chi connectivity index (χ4n) is 4.10. The summed E-state index contributed by atoms with van der Waals surface area (Å²) in [7, 11) is 1.59. The first-order valence-corrected chi connectivity index (χ1v) is 13.7. The van der Waals surface area contributed by atoms with Crippen LogP contribution in [0.2, 0.25) is 5.02 Å². The molecule has 4 aromatic carbocycles. The lowest BCUT2D eigenvalue weighted by molar-refractivity contribution is -0.112. The highest BCUT2D eigenvalue weighted by molar-refractivity contribution is 6.32. The van der Waals surface area contributed by atoms with Crippen LogP contribution < -0.4 is 24.3 Å². The SMILES string of the molecule is CCOc1cc(/C=C(/C#N)C(=O)Nc2ccccc2C)cc(Cl)c1OCc1ccc(OCc2ccccc2)c(OC)c1. The lowest BCUT2D eigenvalue weighted by Crippen LogP contribution is -2.14. The van der Waals surface area contributed by atoms with Gasteiger partial charge in [-0.3, -0.25) is 4.79 Å². The highest BCUT2D eigenvalue weighted by Crippen LogP contribution is 2.38. The van der Waals surface area contributed by atoms with Crippen molar-refractivity contribution >= 4 is 29.3 Å². The summed E-state index contributed by atoms with van der Waals surface area (Å²) in [6.07, 6.45) is 1.46. The molecule has 0 saturated heterocycles. The van der Waals surface area contributed by atoms with Crippen LogP contribution in [-0.4, -0.2) is 19.6 Å². The second kappa shape index (κ2) is 14.6. The van der Waals surface area contributed by atoms with Crippen molar-refractivity contribution in [2.45, 2.75) is 27.1 Å². The van der Waals surface area contributed by atoms with Crippen molar-refractivity contribution in [2.24, 2.45) is 0 Å². The van der Waals surface area contributed by atoms with Crippen LogP contribution in [0.5, 0.6) is 23.0 Å². The summed E-state index contributed by atoms with van der Waals surface area (Å²) in [6, 6.07) is 28.1. The lowest BCUT2D eigenvalue weighted by atomic mass is 10.1. The number of halogens is 1. The first kappa shape index (κ1) is 30.0. The van der Waals surface area contributed by atoms with Gasteiger partial charge < -0.3 is 24.3 Å². The number of ether oxygens (including phenoxy) is 4. The summed E-state index contributed by atoms with van der Waals surface area (Å²) in [4.78, 5) is 12.8. The van der Waals surface area contributed by atoms with E-state index in [2.05, 4.69) is 5.32 Å². The Morgan fingerprint density at radius 2 is 1.62 bits per heavy atom. The van der Waals surface area contributed by atoms with Gasteiger partial charge in [-0.25, -0.2) is 0 Å². The number of para-hydroxylation sites is 1. The molecule has 8 heteroatoms. The maximum Gasteiger partial charge on any atom is 0.266 e. The Hall–Kier alpha value is -4.93. The monoisotopic (exact) mass is 582 g/mol. The number of carbonyl (C=O) groups excluding carboxylic acids is 1. The van der Waals surface area contributed by atoms with Gasteiger partial charge in [0.2, 0.25) is 0 Å². The zero-order valence-corrected chi connectivity index (χ0v) is 24.4.